The number of sulfone groups is 1. The summed E-state index contributed by atoms with van der Waals surface area (Å²) in [5, 5.41) is 16.6. The first-order valence-corrected chi connectivity index (χ1v) is 7.60. The zero-order valence-electron chi connectivity index (χ0n) is 10.4. The van der Waals surface area contributed by atoms with Crippen molar-refractivity contribution in [3.05, 3.63) is 23.8 Å². The summed E-state index contributed by atoms with van der Waals surface area (Å²) in [7, 11) is -3.12. The number of carboxylic acid groups (broad SMARTS) is 1. The smallest absolute Gasteiger partial charge is 0.335 e. The summed E-state index contributed by atoms with van der Waals surface area (Å²) in [6.07, 6.45) is 1.16. The summed E-state index contributed by atoms with van der Waals surface area (Å²) in [4.78, 5) is 10.8. The highest BCUT2D eigenvalue weighted by molar-refractivity contribution is 7.90. The average molecular weight is 283 g/mol. The molecular formula is C11H13N3O4S. The van der Waals surface area contributed by atoms with Crippen LogP contribution < -0.4 is 0 Å². The quantitative estimate of drug-likeness (QED) is 0.887. The van der Waals surface area contributed by atoms with Crippen LogP contribution in [0.1, 0.15) is 23.3 Å². The van der Waals surface area contributed by atoms with Gasteiger partial charge in [0.15, 0.2) is 0 Å². The van der Waals surface area contributed by atoms with E-state index in [9.17, 15) is 13.2 Å². The maximum absolute atomic E-state index is 11.3. The molecule has 0 aliphatic carbocycles. The molecule has 0 bridgehead atoms. The number of fused-ring (bicyclic) bond motifs is 1. The third kappa shape index (κ3) is 2.90. The van der Waals surface area contributed by atoms with Crippen LogP contribution in [0.15, 0.2) is 18.2 Å². The molecule has 2 aromatic rings. The van der Waals surface area contributed by atoms with Crippen LogP contribution in [-0.4, -0.2) is 46.5 Å². The lowest BCUT2D eigenvalue weighted by Gasteiger charge is -2.10. The van der Waals surface area contributed by atoms with Gasteiger partial charge in [0.25, 0.3) is 0 Å². The van der Waals surface area contributed by atoms with Gasteiger partial charge in [-0.3, -0.25) is 0 Å². The molecule has 0 aliphatic rings. The molecule has 2 rings (SSSR count). The van der Waals surface area contributed by atoms with Crippen molar-refractivity contribution in [3.8, 4) is 0 Å². The Morgan fingerprint density at radius 1 is 1.47 bits per heavy atom. The normalized spacial score (nSPS) is 13.6. The van der Waals surface area contributed by atoms with Gasteiger partial charge < -0.3 is 5.11 Å². The molecule has 0 radical (unpaired) electrons. The largest absolute Gasteiger partial charge is 0.478 e. The molecule has 1 N–H and O–H groups in total. The molecule has 8 heteroatoms. The standard InChI is InChI=1S/C11H13N3O4S/c1-7(6-19(2,17)18)14-10-4-3-8(11(15)16)5-9(10)12-13-14/h3-5,7H,6H2,1-2H3,(H,15,16). The second kappa shape index (κ2) is 4.61. The number of nitrogens with zero attached hydrogens (tertiary/aromatic N) is 3. The summed E-state index contributed by atoms with van der Waals surface area (Å²) in [6, 6.07) is 4.07. The number of aromatic nitrogens is 3. The SMILES string of the molecule is CC(CS(C)(=O)=O)n1nnc2cc(C(=O)O)ccc21. The number of aromatic carboxylic acids is 1. The molecule has 0 spiro atoms. The van der Waals surface area contributed by atoms with Crippen molar-refractivity contribution in [2.24, 2.45) is 0 Å². The number of carbonyl (C=O) groups is 1. The Morgan fingerprint density at radius 3 is 2.74 bits per heavy atom. The molecule has 102 valence electrons. The van der Waals surface area contributed by atoms with Gasteiger partial charge in [-0.1, -0.05) is 5.21 Å². The predicted molar refractivity (Wildman–Crippen MR) is 68.9 cm³/mol. The second-order valence-corrected chi connectivity index (χ2v) is 6.67. The maximum Gasteiger partial charge on any atom is 0.335 e. The average Bonchev–Trinajstić information content (AvgIpc) is 2.68. The fourth-order valence-electron chi connectivity index (χ4n) is 1.91. The first-order chi connectivity index (χ1) is 8.78. The Bertz CT molecular complexity index is 735. The summed E-state index contributed by atoms with van der Waals surface area (Å²) >= 11 is 0. The van der Waals surface area contributed by atoms with Gasteiger partial charge in [-0.15, -0.1) is 5.10 Å². The van der Waals surface area contributed by atoms with Gasteiger partial charge in [-0.2, -0.15) is 0 Å². The minimum atomic E-state index is -3.12. The van der Waals surface area contributed by atoms with Crippen LogP contribution in [-0.2, 0) is 9.84 Å². The van der Waals surface area contributed by atoms with Crippen molar-refractivity contribution in [3.63, 3.8) is 0 Å². The Morgan fingerprint density at radius 2 is 2.16 bits per heavy atom. The summed E-state index contributed by atoms with van der Waals surface area (Å²) in [5.41, 5.74) is 1.16. The zero-order chi connectivity index (χ0) is 14.2. The summed E-state index contributed by atoms with van der Waals surface area (Å²) in [6.45, 7) is 1.72. The van der Waals surface area contributed by atoms with Gasteiger partial charge in [-0.05, 0) is 25.1 Å². The first kappa shape index (κ1) is 13.5. The molecule has 0 aliphatic heterocycles. The number of benzene rings is 1. The lowest BCUT2D eigenvalue weighted by atomic mass is 10.2. The molecule has 0 amide bonds. The predicted octanol–water partition coefficient (Wildman–Crippen LogP) is 0.735. The van der Waals surface area contributed by atoms with Gasteiger partial charge >= 0.3 is 5.97 Å². The number of carboxylic acids is 1. The van der Waals surface area contributed by atoms with E-state index >= 15 is 0 Å². The van der Waals surface area contributed by atoms with Crippen LogP contribution in [0.4, 0.5) is 0 Å². The van der Waals surface area contributed by atoms with Crippen molar-refractivity contribution in [1.82, 2.24) is 15.0 Å². The number of hydrogen-bond acceptors (Lipinski definition) is 5. The second-order valence-electron chi connectivity index (χ2n) is 4.48. The van der Waals surface area contributed by atoms with E-state index in [2.05, 4.69) is 10.3 Å². The number of rotatable bonds is 4. The maximum atomic E-state index is 11.3. The Balaban J connectivity index is 2.43. The van der Waals surface area contributed by atoms with E-state index in [4.69, 9.17) is 5.11 Å². The van der Waals surface area contributed by atoms with E-state index in [0.717, 1.165) is 6.26 Å². The summed E-state index contributed by atoms with van der Waals surface area (Å²) < 4.78 is 24.0. The Labute approximate surface area is 109 Å². The molecule has 1 heterocycles. The molecule has 0 saturated carbocycles. The van der Waals surface area contributed by atoms with Crippen LogP contribution in [0.25, 0.3) is 11.0 Å². The van der Waals surface area contributed by atoms with Crippen LogP contribution in [0.5, 0.6) is 0 Å². The highest BCUT2D eigenvalue weighted by Gasteiger charge is 2.17. The van der Waals surface area contributed by atoms with Gasteiger partial charge in [0.2, 0.25) is 0 Å². The van der Waals surface area contributed by atoms with E-state index in [1.165, 1.54) is 16.8 Å². The minimum Gasteiger partial charge on any atom is -0.478 e. The van der Waals surface area contributed by atoms with E-state index in [0.29, 0.717) is 11.0 Å². The monoisotopic (exact) mass is 283 g/mol. The highest BCUT2D eigenvalue weighted by Crippen LogP contribution is 2.18. The lowest BCUT2D eigenvalue weighted by molar-refractivity contribution is 0.0697. The summed E-state index contributed by atoms with van der Waals surface area (Å²) in [5.74, 6) is -1.09. The first-order valence-electron chi connectivity index (χ1n) is 5.54. The van der Waals surface area contributed by atoms with Crippen LogP contribution in [0.3, 0.4) is 0 Å². The molecule has 1 unspecified atom stereocenters. The minimum absolute atomic E-state index is 0.0495. The van der Waals surface area contributed by atoms with Crippen molar-refractivity contribution >= 4 is 26.8 Å². The molecule has 7 nitrogen and oxygen atoms in total. The van der Waals surface area contributed by atoms with Crippen LogP contribution in [0.2, 0.25) is 0 Å². The lowest BCUT2D eigenvalue weighted by Crippen LogP contribution is -2.17. The van der Waals surface area contributed by atoms with Gasteiger partial charge in [0.1, 0.15) is 15.4 Å². The van der Waals surface area contributed by atoms with Gasteiger partial charge in [0, 0.05) is 6.26 Å². The van der Waals surface area contributed by atoms with E-state index in [1.54, 1.807) is 13.0 Å². The molecule has 0 fully saturated rings. The molecular weight excluding hydrogens is 270 g/mol. The van der Waals surface area contributed by atoms with E-state index < -0.39 is 15.8 Å². The van der Waals surface area contributed by atoms with Gasteiger partial charge in [-0.25, -0.2) is 17.9 Å². The van der Waals surface area contributed by atoms with Crippen molar-refractivity contribution < 1.29 is 18.3 Å². The molecule has 1 aromatic carbocycles. The van der Waals surface area contributed by atoms with Crippen LogP contribution >= 0.6 is 0 Å². The third-order valence-corrected chi connectivity index (χ3v) is 3.77. The molecule has 1 aromatic heterocycles. The topological polar surface area (TPSA) is 102 Å². The molecule has 1 atom stereocenters. The molecule has 0 saturated heterocycles. The fourth-order valence-corrected chi connectivity index (χ4v) is 2.93. The Kier molecular flexibility index (Phi) is 3.27. The van der Waals surface area contributed by atoms with Crippen molar-refractivity contribution in [2.45, 2.75) is 13.0 Å². The third-order valence-electron chi connectivity index (χ3n) is 2.68. The highest BCUT2D eigenvalue weighted by atomic mass is 32.2. The zero-order valence-corrected chi connectivity index (χ0v) is 11.3. The Hall–Kier alpha value is -1.96. The van der Waals surface area contributed by atoms with Crippen molar-refractivity contribution in [2.75, 3.05) is 12.0 Å². The number of hydrogen-bond donors (Lipinski definition) is 1. The molecule has 19 heavy (non-hydrogen) atoms. The van der Waals surface area contributed by atoms with Gasteiger partial charge in [0.05, 0.1) is 22.9 Å². The van der Waals surface area contributed by atoms with Crippen LogP contribution in [0, 0.1) is 0 Å². The fraction of sp³-hybridized carbons (Fsp3) is 0.364. The van der Waals surface area contributed by atoms with E-state index in [-0.39, 0.29) is 17.4 Å². The van der Waals surface area contributed by atoms with E-state index in [1.807, 2.05) is 0 Å². The van der Waals surface area contributed by atoms with Crippen molar-refractivity contribution in [1.29, 1.82) is 0 Å².